The minimum Gasteiger partial charge on any atom is -0.457 e. The number of ketones is 1. The van der Waals surface area contributed by atoms with Crippen LogP contribution in [-0.2, 0) is 14.3 Å². The van der Waals surface area contributed by atoms with Gasteiger partial charge in [-0.15, -0.1) is 0 Å². The number of rotatable bonds is 10. The van der Waals surface area contributed by atoms with Crippen LogP contribution in [0, 0.1) is 26.1 Å². The van der Waals surface area contributed by atoms with Crippen molar-refractivity contribution in [2.24, 2.45) is 5.92 Å². The van der Waals surface area contributed by atoms with E-state index in [1.54, 1.807) is 48.5 Å². The summed E-state index contributed by atoms with van der Waals surface area (Å²) in [6.45, 7) is -0.382. The number of carbonyl (C=O) groups is 3. The summed E-state index contributed by atoms with van der Waals surface area (Å²) < 4.78 is 10.9. The molecule has 1 saturated heterocycles. The smallest absolute Gasteiger partial charge is 0.311 e. The number of nitro groups is 2. The normalized spacial score (nSPS) is 14.3. The first kappa shape index (κ1) is 28.6. The van der Waals surface area contributed by atoms with E-state index in [-0.39, 0.29) is 30.2 Å². The summed E-state index contributed by atoms with van der Waals surface area (Å²) in [5, 5.41) is 21.6. The van der Waals surface area contributed by atoms with Crippen LogP contribution >= 0.6 is 0 Å². The maximum absolute atomic E-state index is 12.7. The molecule has 1 aliphatic heterocycles. The maximum atomic E-state index is 12.7. The van der Waals surface area contributed by atoms with E-state index in [0.29, 0.717) is 22.7 Å². The highest BCUT2D eigenvalue weighted by molar-refractivity contribution is 6.01. The Bertz CT molecular complexity index is 1680. The van der Waals surface area contributed by atoms with E-state index in [1.165, 1.54) is 53.4 Å². The number of nitro benzene ring substituents is 2. The van der Waals surface area contributed by atoms with Crippen molar-refractivity contribution in [3.63, 3.8) is 0 Å². The molecule has 4 aromatic rings. The molecule has 12 heteroatoms. The third-order valence-corrected chi connectivity index (χ3v) is 6.85. The summed E-state index contributed by atoms with van der Waals surface area (Å²) in [7, 11) is 0. The molecule has 1 heterocycles. The van der Waals surface area contributed by atoms with Crippen molar-refractivity contribution in [1.29, 1.82) is 0 Å². The van der Waals surface area contributed by atoms with Crippen molar-refractivity contribution < 1.29 is 33.7 Å². The third-order valence-electron chi connectivity index (χ3n) is 6.85. The first-order valence-corrected chi connectivity index (χ1v) is 13.1. The maximum Gasteiger partial charge on any atom is 0.311 e. The van der Waals surface area contributed by atoms with E-state index in [2.05, 4.69) is 0 Å². The van der Waals surface area contributed by atoms with E-state index in [1.807, 2.05) is 0 Å². The molecule has 0 N–H and O–H groups in total. The zero-order valence-corrected chi connectivity index (χ0v) is 22.5. The van der Waals surface area contributed by atoms with Gasteiger partial charge in [-0.05, 0) is 71.8 Å². The van der Waals surface area contributed by atoms with Gasteiger partial charge >= 0.3 is 5.97 Å². The molecular weight excluding hydrogens is 558 g/mol. The van der Waals surface area contributed by atoms with Crippen LogP contribution in [-0.4, -0.2) is 40.7 Å². The number of benzene rings is 4. The molecular formula is C31H23N3O9. The van der Waals surface area contributed by atoms with Crippen molar-refractivity contribution >= 4 is 34.7 Å². The van der Waals surface area contributed by atoms with Crippen LogP contribution in [0.25, 0.3) is 11.1 Å². The van der Waals surface area contributed by atoms with Gasteiger partial charge in [-0.1, -0.05) is 12.1 Å². The Kier molecular flexibility index (Phi) is 8.19. The predicted molar refractivity (Wildman–Crippen MR) is 154 cm³/mol. The van der Waals surface area contributed by atoms with Gasteiger partial charge in [0.25, 0.3) is 11.4 Å². The average Bonchev–Trinajstić information content (AvgIpc) is 3.42. The lowest BCUT2D eigenvalue weighted by Gasteiger charge is -2.17. The molecule has 216 valence electrons. The summed E-state index contributed by atoms with van der Waals surface area (Å²) in [5.74, 6) is -1.26. The number of nitrogens with zero attached hydrogens (tertiary/aromatic N) is 3. The van der Waals surface area contributed by atoms with Crippen molar-refractivity contribution in [3.8, 4) is 22.6 Å². The molecule has 12 nitrogen and oxygen atoms in total. The minimum absolute atomic E-state index is 0.00740. The topological polar surface area (TPSA) is 159 Å². The molecule has 43 heavy (non-hydrogen) atoms. The standard InChI is InChI=1S/C31H23N3O9/c35-29(22-5-13-27(14-6-22)43-28-15-11-26(12-16-28)34(40)41)19-42-31(37)23-17-30(36)32(18-23)24-7-1-20(2-8-24)21-3-9-25(10-4-21)33(38)39/h1-16,23H,17-19H2/t23-/m0/s1. The van der Waals surface area contributed by atoms with E-state index in [9.17, 15) is 34.6 Å². The number of hydrogen-bond acceptors (Lipinski definition) is 9. The van der Waals surface area contributed by atoms with Gasteiger partial charge in [-0.2, -0.15) is 0 Å². The largest absolute Gasteiger partial charge is 0.457 e. The average molecular weight is 582 g/mol. The number of amides is 1. The fourth-order valence-electron chi connectivity index (χ4n) is 4.54. The van der Waals surface area contributed by atoms with Crippen molar-refractivity contribution in [2.45, 2.75) is 6.42 Å². The minimum atomic E-state index is -0.730. The third kappa shape index (κ3) is 6.70. The fourth-order valence-corrected chi connectivity index (χ4v) is 4.54. The Labute approximate surface area is 244 Å². The molecule has 1 atom stereocenters. The van der Waals surface area contributed by atoms with Gasteiger partial charge in [0.15, 0.2) is 12.4 Å². The molecule has 0 saturated carbocycles. The predicted octanol–water partition coefficient (Wildman–Crippen LogP) is 5.74. The van der Waals surface area contributed by atoms with E-state index in [4.69, 9.17) is 9.47 Å². The van der Waals surface area contributed by atoms with Gasteiger partial charge < -0.3 is 14.4 Å². The zero-order valence-electron chi connectivity index (χ0n) is 22.5. The monoisotopic (exact) mass is 581 g/mol. The van der Waals surface area contributed by atoms with Crippen LogP contribution in [0.5, 0.6) is 11.5 Å². The molecule has 1 aliphatic rings. The van der Waals surface area contributed by atoms with Gasteiger partial charge in [-0.25, -0.2) is 0 Å². The molecule has 1 amide bonds. The summed E-state index contributed by atoms with van der Waals surface area (Å²) in [4.78, 5) is 60.1. The van der Waals surface area contributed by atoms with E-state index < -0.39 is 34.1 Å². The van der Waals surface area contributed by atoms with Crippen LogP contribution in [0.1, 0.15) is 16.8 Å². The summed E-state index contributed by atoms with van der Waals surface area (Å²) in [5.41, 5.74) is 2.41. The van der Waals surface area contributed by atoms with Gasteiger partial charge in [0.05, 0.1) is 15.8 Å². The summed E-state index contributed by atoms with van der Waals surface area (Å²) in [6.07, 6.45) is -0.0498. The lowest BCUT2D eigenvalue weighted by atomic mass is 10.0. The van der Waals surface area contributed by atoms with Gasteiger partial charge in [0, 0.05) is 48.5 Å². The number of Topliss-reactive ketones (excluding diaryl/α,β-unsaturated/α-hetero) is 1. The molecule has 0 spiro atoms. The highest BCUT2D eigenvalue weighted by Crippen LogP contribution is 2.30. The molecule has 4 aromatic carbocycles. The van der Waals surface area contributed by atoms with Crippen LogP contribution in [0.4, 0.5) is 17.1 Å². The quantitative estimate of drug-likeness (QED) is 0.0984. The van der Waals surface area contributed by atoms with Crippen LogP contribution < -0.4 is 9.64 Å². The lowest BCUT2D eigenvalue weighted by Crippen LogP contribution is -2.27. The Hall–Kier alpha value is -5.91. The number of anilines is 1. The fraction of sp³-hybridized carbons (Fsp3) is 0.129. The summed E-state index contributed by atoms with van der Waals surface area (Å²) in [6, 6.07) is 24.9. The number of carbonyl (C=O) groups excluding carboxylic acids is 3. The molecule has 0 radical (unpaired) electrons. The van der Waals surface area contributed by atoms with Gasteiger partial charge in [0.2, 0.25) is 5.91 Å². The number of ether oxygens (including phenoxy) is 2. The Balaban J connectivity index is 1.12. The van der Waals surface area contributed by atoms with Crippen LogP contribution in [0.15, 0.2) is 97.1 Å². The molecule has 0 unspecified atom stereocenters. The van der Waals surface area contributed by atoms with E-state index in [0.717, 1.165) is 11.1 Å². The molecule has 0 bridgehead atoms. The second-order valence-electron chi connectivity index (χ2n) is 9.66. The van der Waals surface area contributed by atoms with Gasteiger partial charge in [-0.3, -0.25) is 34.6 Å². The Morgan fingerprint density at radius 1 is 0.744 bits per heavy atom. The van der Waals surface area contributed by atoms with Crippen molar-refractivity contribution in [2.75, 3.05) is 18.1 Å². The second kappa shape index (κ2) is 12.3. The molecule has 5 rings (SSSR count). The van der Waals surface area contributed by atoms with Crippen molar-refractivity contribution in [1.82, 2.24) is 0 Å². The highest BCUT2D eigenvalue weighted by Gasteiger charge is 2.36. The summed E-state index contributed by atoms with van der Waals surface area (Å²) >= 11 is 0. The van der Waals surface area contributed by atoms with Crippen LogP contribution in [0.3, 0.4) is 0 Å². The Morgan fingerprint density at radius 2 is 1.23 bits per heavy atom. The number of esters is 1. The lowest BCUT2D eigenvalue weighted by molar-refractivity contribution is -0.385. The zero-order chi connectivity index (χ0) is 30.5. The highest BCUT2D eigenvalue weighted by atomic mass is 16.6. The first-order valence-electron chi connectivity index (χ1n) is 13.1. The number of non-ortho nitro benzene ring substituents is 2. The first-order chi connectivity index (χ1) is 20.7. The van der Waals surface area contributed by atoms with E-state index >= 15 is 0 Å². The second-order valence-corrected chi connectivity index (χ2v) is 9.66. The number of hydrogen-bond donors (Lipinski definition) is 0. The molecule has 0 aliphatic carbocycles. The Morgan fingerprint density at radius 3 is 1.77 bits per heavy atom. The SMILES string of the molecule is O=C(COC(=O)[C@H]1CC(=O)N(c2ccc(-c3ccc([N+](=O)[O-])cc3)cc2)C1)c1ccc(Oc2ccc([N+](=O)[O-])cc2)cc1. The molecule has 0 aromatic heterocycles. The van der Waals surface area contributed by atoms with Crippen LogP contribution in [0.2, 0.25) is 0 Å². The molecule has 1 fully saturated rings. The van der Waals surface area contributed by atoms with Crippen molar-refractivity contribution in [3.05, 3.63) is 123 Å². The van der Waals surface area contributed by atoms with Gasteiger partial charge in [0.1, 0.15) is 11.5 Å².